The minimum Gasteiger partial charge on any atom is -0.300 e. The van der Waals surface area contributed by atoms with Gasteiger partial charge in [0.15, 0.2) is 0 Å². The Morgan fingerprint density at radius 3 is 2.32 bits per heavy atom. The van der Waals surface area contributed by atoms with Crippen LogP contribution < -0.4 is 0 Å². The van der Waals surface area contributed by atoms with Crippen molar-refractivity contribution in [1.29, 1.82) is 0 Å². The third-order valence-corrected chi connectivity index (χ3v) is 3.43. The zero-order valence-electron chi connectivity index (χ0n) is 12.7. The highest BCUT2D eigenvalue weighted by Crippen LogP contribution is 2.20. The predicted molar refractivity (Wildman–Crippen MR) is 91.6 cm³/mol. The van der Waals surface area contributed by atoms with Crippen LogP contribution in [0.15, 0.2) is 73.3 Å². The number of hydrogen-bond donors (Lipinski definition) is 0. The smallest absolute Gasteiger partial charge is 0.134 e. The highest BCUT2D eigenvalue weighted by molar-refractivity contribution is 5.80. The number of carbonyl (C=O) groups excluding carboxylic acids is 1. The second-order valence-electron chi connectivity index (χ2n) is 5.17. The first-order valence-corrected chi connectivity index (χ1v) is 7.53. The highest BCUT2D eigenvalue weighted by Gasteiger charge is 2.13. The Morgan fingerprint density at radius 2 is 1.68 bits per heavy atom. The van der Waals surface area contributed by atoms with Gasteiger partial charge in [0.25, 0.3) is 0 Å². The van der Waals surface area contributed by atoms with Crippen LogP contribution in [-0.2, 0) is 4.79 Å². The van der Waals surface area contributed by atoms with E-state index in [1.54, 1.807) is 6.08 Å². The molecule has 0 aliphatic carbocycles. The summed E-state index contributed by atoms with van der Waals surface area (Å²) in [5.41, 5.74) is 2.07. The average molecular weight is 288 g/mol. The highest BCUT2D eigenvalue weighted by atomic mass is 16.1. The molecule has 0 N–H and O–H groups in total. The molecule has 0 amide bonds. The number of benzene rings is 2. The monoisotopic (exact) mass is 288 g/mol. The minimum absolute atomic E-state index is 0.0567. The van der Waals surface area contributed by atoms with E-state index in [0.29, 0.717) is 12.8 Å². The molecule has 0 saturated heterocycles. The third-order valence-electron chi connectivity index (χ3n) is 3.43. The molecule has 0 heterocycles. The predicted octanol–water partition coefficient (Wildman–Crippen LogP) is 4.75. The van der Waals surface area contributed by atoms with Crippen LogP contribution in [0.25, 0.3) is 0 Å². The summed E-state index contributed by atoms with van der Waals surface area (Å²) in [6.07, 6.45) is 3.51. The van der Waals surface area contributed by atoms with E-state index in [2.05, 4.69) is 18.4 Å². The molecular weight excluding hydrogens is 268 g/mol. The minimum atomic E-state index is -0.0567. The lowest BCUT2D eigenvalue weighted by Gasteiger charge is -2.10. The van der Waals surface area contributed by atoms with Crippen molar-refractivity contribution in [1.82, 2.24) is 0 Å². The molecule has 0 aliphatic rings. The van der Waals surface area contributed by atoms with Crippen molar-refractivity contribution < 1.29 is 4.79 Å². The van der Waals surface area contributed by atoms with Crippen molar-refractivity contribution in [3.63, 3.8) is 0 Å². The van der Waals surface area contributed by atoms with Gasteiger partial charge >= 0.3 is 0 Å². The van der Waals surface area contributed by atoms with Crippen molar-refractivity contribution in [2.24, 2.45) is 0 Å². The molecule has 110 valence electrons. The van der Waals surface area contributed by atoms with Crippen molar-refractivity contribution in [2.75, 3.05) is 0 Å². The van der Waals surface area contributed by atoms with Gasteiger partial charge in [0.2, 0.25) is 0 Å². The molecule has 0 fully saturated rings. The fourth-order valence-electron chi connectivity index (χ4n) is 2.22. The van der Waals surface area contributed by atoms with Crippen LogP contribution in [0.3, 0.4) is 0 Å². The van der Waals surface area contributed by atoms with Crippen molar-refractivity contribution in [3.8, 4) is 11.8 Å². The van der Waals surface area contributed by atoms with Crippen molar-refractivity contribution in [3.05, 3.63) is 84.4 Å². The van der Waals surface area contributed by atoms with Crippen LogP contribution in [0, 0.1) is 11.8 Å². The molecular formula is C21H20O. The molecule has 0 radical (unpaired) electrons. The molecule has 22 heavy (non-hydrogen) atoms. The quantitative estimate of drug-likeness (QED) is 0.554. The summed E-state index contributed by atoms with van der Waals surface area (Å²) in [6, 6.07) is 19.9. The number of ketones is 1. The van der Waals surface area contributed by atoms with E-state index in [1.165, 1.54) is 0 Å². The summed E-state index contributed by atoms with van der Waals surface area (Å²) >= 11 is 0. The van der Waals surface area contributed by atoms with Crippen LogP contribution in [0.2, 0.25) is 0 Å². The molecule has 0 saturated carbocycles. The summed E-state index contributed by atoms with van der Waals surface area (Å²) in [4.78, 5) is 12.1. The van der Waals surface area contributed by atoms with Gasteiger partial charge in [0.1, 0.15) is 5.78 Å². The van der Waals surface area contributed by atoms with Gasteiger partial charge in [-0.05, 0) is 24.1 Å². The van der Waals surface area contributed by atoms with E-state index >= 15 is 0 Å². The zero-order chi connectivity index (χ0) is 15.6. The number of allylic oxidation sites excluding steroid dienone is 1. The molecule has 0 aromatic heterocycles. The second kappa shape index (κ2) is 8.64. The summed E-state index contributed by atoms with van der Waals surface area (Å²) < 4.78 is 0. The van der Waals surface area contributed by atoms with E-state index < -0.39 is 0 Å². The normalized spacial score (nSPS) is 11.1. The second-order valence-corrected chi connectivity index (χ2v) is 5.17. The Morgan fingerprint density at radius 1 is 1.05 bits per heavy atom. The van der Waals surface area contributed by atoms with Crippen molar-refractivity contribution in [2.45, 2.75) is 25.2 Å². The molecule has 1 atom stereocenters. The standard InChI is InChI=1S/C21H20O/c1-2-3-14-21(22)17-20(19-12-8-5-9-13-19)16-15-18-10-6-4-7-11-18/h2,4-13,20H,1,3,14,17H2/t20-/m1/s1. The number of rotatable bonds is 6. The molecule has 1 heteroatoms. The van der Waals surface area contributed by atoms with E-state index in [9.17, 15) is 4.79 Å². The molecule has 1 nitrogen and oxygen atoms in total. The molecule has 0 unspecified atom stereocenters. The summed E-state index contributed by atoms with van der Waals surface area (Å²) in [7, 11) is 0. The van der Waals surface area contributed by atoms with Crippen LogP contribution in [0.1, 0.15) is 36.3 Å². The number of hydrogen-bond acceptors (Lipinski definition) is 1. The van der Waals surface area contributed by atoms with Gasteiger partial charge < -0.3 is 0 Å². The van der Waals surface area contributed by atoms with E-state index in [1.807, 2.05) is 60.7 Å². The Hall–Kier alpha value is -2.59. The maximum absolute atomic E-state index is 12.1. The van der Waals surface area contributed by atoms with E-state index in [0.717, 1.165) is 17.5 Å². The van der Waals surface area contributed by atoms with Gasteiger partial charge in [-0.2, -0.15) is 0 Å². The van der Waals surface area contributed by atoms with Crippen LogP contribution >= 0.6 is 0 Å². The number of Topliss-reactive ketones (excluding diaryl/α,β-unsaturated/α-hetero) is 1. The van der Waals surface area contributed by atoms with Gasteiger partial charge in [-0.15, -0.1) is 6.58 Å². The van der Waals surface area contributed by atoms with Crippen LogP contribution in [-0.4, -0.2) is 5.78 Å². The van der Waals surface area contributed by atoms with Gasteiger partial charge in [0.05, 0.1) is 5.92 Å². The maximum Gasteiger partial charge on any atom is 0.134 e. The first kappa shape index (κ1) is 15.8. The van der Waals surface area contributed by atoms with Gasteiger partial charge in [-0.1, -0.05) is 66.4 Å². The van der Waals surface area contributed by atoms with E-state index in [4.69, 9.17) is 0 Å². The lowest BCUT2D eigenvalue weighted by atomic mass is 9.92. The fourth-order valence-corrected chi connectivity index (χ4v) is 2.22. The first-order valence-electron chi connectivity index (χ1n) is 7.53. The Labute approximate surface area is 132 Å². The van der Waals surface area contributed by atoms with Gasteiger partial charge in [-0.3, -0.25) is 4.79 Å². The SMILES string of the molecule is C=CCCC(=O)C[C@@H](C#Cc1ccccc1)c1ccccc1. The molecule has 2 rings (SSSR count). The van der Waals surface area contributed by atoms with Gasteiger partial charge in [0, 0.05) is 18.4 Å². The Kier molecular flexibility index (Phi) is 6.20. The molecule has 0 aliphatic heterocycles. The summed E-state index contributed by atoms with van der Waals surface area (Å²) in [6.45, 7) is 3.67. The zero-order valence-corrected chi connectivity index (χ0v) is 12.7. The first-order chi connectivity index (χ1) is 10.8. The maximum atomic E-state index is 12.1. The Bertz CT molecular complexity index is 659. The molecule has 0 spiro atoms. The number of carbonyl (C=O) groups is 1. The van der Waals surface area contributed by atoms with E-state index in [-0.39, 0.29) is 11.7 Å². The fraction of sp³-hybridized carbons (Fsp3) is 0.190. The summed E-state index contributed by atoms with van der Waals surface area (Å²) in [5.74, 6) is 6.62. The average Bonchev–Trinajstić information content (AvgIpc) is 2.58. The van der Waals surface area contributed by atoms with Gasteiger partial charge in [-0.25, -0.2) is 0 Å². The lowest BCUT2D eigenvalue weighted by Crippen LogP contribution is -2.05. The molecule has 0 bridgehead atoms. The Balaban J connectivity index is 2.17. The molecule has 2 aromatic carbocycles. The third kappa shape index (κ3) is 5.07. The van der Waals surface area contributed by atoms with Crippen LogP contribution in [0.5, 0.6) is 0 Å². The topological polar surface area (TPSA) is 17.1 Å². The lowest BCUT2D eigenvalue weighted by molar-refractivity contribution is -0.119. The van der Waals surface area contributed by atoms with Crippen molar-refractivity contribution >= 4 is 5.78 Å². The van der Waals surface area contributed by atoms with Crippen LogP contribution in [0.4, 0.5) is 0 Å². The molecule has 2 aromatic rings. The largest absolute Gasteiger partial charge is 0.300 e. The summed E-state index contributed by atoms with van der Waals surface area (Å²) in [5, 5.41) is 0.